The van der Waals surface area contributed by atoms with Crippen LogP contribution in [0, 0.1) is 0 Å². The summed E-state index contributed by atoms with van der Waals surface area (Å²) in [4.78, 5) is 0. The van der Waals surface area contributed by atoms with Crippen molar-refractivity contribution in [3.8, 4) is 11.1 Å². The summed E-state index contributed by atoms with van der Waals surface area (Å²) in [6.07, 6.45) is 0. The van der Waals surface area contributed by atoms with Gasteiger partial charge in [0.05, 0.1) is 13.5 Å². The Balaban J connectivity index is 1.54. The maximum atomic E-state index is 3.70. The molecular formula is C34H31NSi. The molecule has 6 rings (SSSR count). The second kappa shape index (κ2) is 8.65. The molecule has 1 aliphatic carbocycles. The van der Waals surface area contributed by atoms with Gasteiger partial charge in [0.15, 0.2) is 0 Å². The molecule has 1 aliphatic rings. The van der Waals surface area contributed by atoms with Gasteiger partial charge >= 0.3 is 0 Å². The van der Waals surface area contributed by atoms with Gasteiger partial charge in [-0.25, -0.2) is 0 Å². The second-order valence-corrected chi connectivity index (χ2v) is 15.8. The van der Waals surface area contributed by atoms with Crippen LogP contribution in [0.15, 0.2) is 127 Å². The predicted octanol–water partition coefficient (Wildman–Crippen LogP) is 8.34. The second-order valence-electron chi connectivity index (χ2n) is 10.7. The topological polar surface area (TPSA) is 12.0 Å². The molecular weight excluding hydrogens is 450 g/mol. The minimum Gasteiger partial charge on any atom is -0.356 e. The summed E-state index contributed by atoms with van der Waals surface area (Å²) < 4.78 is 0. The Morgan fingerprint density at radius 3 is 1.64 bits per heavy atom. The van der Waals surface area contributed by atoms with E-state index in [2.05, 4.69) is 152 Å². The van der Waals surface area contributed by atoms with Crippen LogP contribution in [0.5, 0.6) is 0 Å². The molecule has 1 N–H and O–H groups in total. The zero-order valence-corrected chi connectivity index (χ0v) is 22.1. The lowest BCUT2D eigenvalue weighted by Gasteiger charge is -2.34. The summed E-state index contributed by atoms with van der Waals surface area (Å²) in [6.45, 7) is 7.17. The standard InChI is InChI=1S/C34H31NSi/c1-36(2,3)29-21-18-27(19-22-29)35-28-20-23-31-30-16-10-11-17-32(30)34(33(31)24-28,25-12-6-4-7-13-25)26-14-8-5-9-15-26/h4-24,35H,1-3H3. The maximum absolute atomic E-state index is 3.70. The average Bonchev–Trinajstić information content (AvgIpc) is 3.20. The van der Waals surface area contributed by atoms with Crippen molar-refractivity contribution in [2.24, 2.45) is 0 Å². The van der Waals surface area contributed by atoms with Crippen molar-refractivity contribution in [1.82, 2.24) is 0 Å². The Kier molecular flexibility index (Phi) is 5.42. The lowest BCUT2D eigenvalue weighted by molar-refractivity contribution is 0.769. The van der Waals surface area contributed by atoms with E-state index in [9.17, 15) is 0 Å². The van der Waals surface area contributed by atoms with Crippen molar-refractivity contribution in [2.45, 2.75) is 25.1 Å². The van der Waals surface area contributed by atoms with Crippen molar-refractivity contribution in [3.63, 3.8) is 0 Å². The molecule has 0 spiro atoms. The number of benzene rings is 5. The fraction of sp³-hybridized carbons (Fsp3) is 0.118. The number of rotatable bonds is 5. The molecule has 1 nitrogen and oxygen atoms in total. The Hall–Kier alpha value is -3.88. The normalized spacial score (nSPS) is 13.6. The van der Waals surface area contributed by atoms with Gasteiger partial charge in [0.2, 0.25) is 0 Å². The number of fused-ring (bicyclic) bond motifs is 3. The monoisotopic (exact) mass is 481 g/mol. The van der Waals surface area contributed by atoms with Crippen LogP contribution in [0.25, 0.3) is 11.1 Å². The van der Waals surface area contributed by atoms with E-state index < -0.39 is 8.07 Å². The van der Waals surface area contributed by atoms with Crippen molar-refractivity contribution in [3.05, 3.63) is 150 Å². The fourth-order valence-electron chi connectivity index (χ4n) is 5.74. The molecule has 176 valence electrons. The highest BCUT2D eigenvalue weighted by Crippen LogP contribution is 2.56. The van der Waals surface area contributed by atoms with E-state index in [1.54, 1.807) is 0 Å². The van der Waals surface area contributed by atoms with E-state index >= 15 is 0 Å². The highest BCUT2D eigenvalue weighted by atomic mass is 28.3. The van der Waals surface area contributed by atoms with Crippen molar-refractivity contribution in [1.29, 1.82) is 0 Å². The van der Waals surface area contributed by atoms with Crippen molar-refractivity contribution < 1.29 is 0 Å². The Morgan fingerprint density at radius 1 is 0.500 bits per heavy atom. The van der Waals surface area contributed by atoms with E-state index in [4.69, 9.17) is 0 Å². The minimum absolute atomic E-state index is 0.367. The molecule has 0 aromatic heterocycles. The first kappa shape index (κ1) is 22.6. The Bertz CT molecular complexity index is 1470. The summed E-state index contributed by atoms with van der Waals surface area (Å²) in [6, 6.07) is 46.7. The molecule has 2 heteroatoms. The molecule has 0 saturated heterocycles. The molecule has 0 unspecified atom stereocenters. The molecule has 36 heavy (non-hydrogen) atoms. The van der Waals surface area contributed by atoms with Gasteiger partial charge in [0.25, 0.3) is 0 Å². The number of hydrogen-bond acceptors (Lipinski definition) is 1. The largest absolute Gasteiger partial charge is 0.356 e. The van der Waals surface area contributed by atoms with Crippen LogP contribution in [0.4, 0.5) is 11.4 Å². The highest BCUT2D eigenvalue weighted by Gasteiger charge is 2.45. The molecule has 0 amide bonds. The van der Waals surface area contributed by atoms with E-state index in [1.165, 1.54) is 38.6 Å². The van der Waals surface area contributed by atoms with Crippen molar-refractivity contribution in [2.75, 3.05) is 5.32 Å². The zero-order chi connectivity index (χ0) is 24.8. The number of nitrogens with one attached hydrogen (secondary N) is 1. The molecule has 5 aromatic rings. The van der Waals surface area contributed by atoms with Crippen molar-refractivity contribution >= 4 is 24.6 Å². The Morgan fingerprint density at radius 2 is 1.03 bits per heavy atom. The van der Waals surface area contributed by atoms with Crippen LogP contribution in [-0.4, -0.2) is 8.07 Å². The van der Waals surface area contributed by atoms with Crippen LogP contribution in [0.1, 0.15) is 22.3 Å². The molecule has 0 saturated carbocycles. The van der Waals surface area contributed by atoms with E-state index in [-0.39, 0.29) is 5.41 Å². The van der Waals surface area contributed by atoms with Gasteiger partial charge in [-0.05, 0) is 57.6 Å². The molecule has 0 atom stereocenters. The summed E-state index contributed by atoms with van der Waals surface area (Å²) >= 11 is 0. The quantitative estimate of drug-likeness (QED) is 0.244. The third-order valence-electron chi connectivity index (χ3n) is 7.50. The maximum Gasteiger partial charge on any atom is 0.0775 e. The first-order chi connectivity index (χ1) is 17.5. The lowest BCUT2D eigenvalue weighted by Crippen LogP contribution is -2.37. The molecule has 0 radical (unpaired) electrons. The summed E-state index contributed by atoms with van der Waals surface area (Å²) in [5.74, 6) is 0. The van der Waals surface area contributed by atoms with Crippen LogP contribution >= 0.6 is 0 Å². The SMILES string of the molecule is C[Si](C)(C)c1ccc(Nc2ccc3c(c2)C(c2ccccc2)(c2ccccc2)c2ccccc2-3)cc1. The van der Waals surface area contributed by atoms with Gasteiger partial charge in [0, 0.05) is 11.4 Å². The number of hydrogen-bond donors (Lipinski definition) is 1. The smallest absolute Gasteiger partial charge is 0.0775 e. The predicted molar refractivity (Wildman–Crippen MR) is 156 cm³/mol. The molecule has 0 aliphatic heterocycles. The number of anilines is 2. The summed E-state index contributed by atoms with van der Waals surface area (Å²) in [5.41, 5.74) is 9.73. The molecule has 5 aromatic carbocycles. The van der Waals surface area contributed by atoms with Crippen LogP contribution in [-0.2, 0) is 5.41 Å². The minimum atomic E-state index is -1.32. The molecule has 0 fully saturated rings. The van der Waals surface area contributed by atoms with Gasteiger partial charge in [-0.15, -0.1) is 0 Å². The van der Waals surface area contributed by atoms with E-state index in [1.807, 2.05) is 0 Å². The fourth-order valence-corrected chi connectivity index (χ4v) is 6.91. The first-order valence-corrected chi connectivity index (χ1v) is 16.2. The van der Waals surface area contributed by atoms with E-state index in [0.29, 0.717) is 0 Å². The first-order valence-electron chi connectivity index (χ1n) is 12.7. The van der Waals surface area contributed by atoms with Crippen LogP contribution in [0.3, 0.4) is 0 Å². The lowest BCUT2D eigenvalue weighted by atomic mass is 9.67. The van der Waals surface area contributed by atoms with E-state index in [0.717, 1.165) is 11.4 Å². The zero-order valence-electron chi connectivity index (χ0n) is 21.1. The van der Waals surface area contributed by atoms with Crippen LogP contribution in [0.2, 0.25) is 19.6 Å². The van der Waals surface area contributed by atoms with Gasteiger partial charge < -0.3 is 5.32 Å². The van der Waals surface area contributed by atoms with Gasteiger partial charge in [-0.3, -0.25) is 0 Å². The third kappa shape index (κ3) is 3.61. The van der Waals surface area contributed by atoms with Gasteiger partial charge in [-0.1, -0.05) is 128 Å². The average molecular weight is 482 g/mol. The third-order valence-corrected chi connectivity index (χ3v) is 9.56. The summed E-state index contributed by atoms with van der Waals surface area (Å²) in [5, 5.41) is 5.17. The molecule has 0 bridgehead atoms. The Labute approximate surface area is 215 Å². The van der Waals surface area contributed by atoms with Gasteiger partial charge in [-0.2, -0.15) is 0 Å². The summed E-state index contributed by atoms with van der Waals surface area (Å²) in [7, 11) is -1.32. The van der Waals surface area contributed by atoms with Crippen LogP contribution < -0.4 is 10.5 Å². The molecule has 0 heterocycles. The van der Waals surface area contributed by atoms with Gasteiger partial charge in [0.1, 0.15) is 0 Å². The highest BCUT2D eigenvalue weighted by molar-refractivity contribution is 6.88.